The Morgan fingerprint density at radius 1 is 0.375 bits per heavy atom. The third kappa shape index (κ3) is 57.9. The molecule has 0 aromatic carbocycles. The van der Waals surface area contributed by atoms with E-state index >= 15 is 0 Å². The Morgan fingerprint density at radius 3 is 0.986 bits per heavy atom. The summed E-state index contributed by atoms with van der Waals surface area (Å²) in [5.41, 5.74) is 0. The summed E-state index contributed by atoms with van der Waals surface area (Å²) in [7, 11) is 0. The zero-order valence-electron chi connectivity index (χ0n) is 48.9. The van der Waals surface area contributed by atoms with Crippen molar-refractivity contribution >= 4 is 11.9 Å². The van der Waals surface area contributed by atoms with Gasteiger partial charge in [0.1, 0.15) is 0 Å². The first-order chi connectivity index (χ1) is 35.5. The fourth-order valence-corrected chi connectivity index (χ4v) is 10.5. The van der Waals surface area contributed by atoms with Gasteiger partial charge in [0.15, 0.2) is 0 Å². The molecule has 0 spiro atoms. The van der Waals surface area contributed by atoms with E-state index in [1.807, 2.05) is 0 Å². The number of nitrogens with one attached hydrogen (secondary N) is 1. The van der Waals surface area contributed by atoms with Gasteiger partial charge in [0.2, 0.25) is 5.91 Å². The molecule has 0 aliphatic carbocycles. The molecular weight excluding hydrogens is 887 g/mol. The van der Waals surface area contributed by atoms with Crippen LogP contribution in [0.3, 0.4) is 0 Å². The van der Waals surface area contributed by atoms with Crippen LogP contribution in [0.4, 0.5) is 0 Å². The highest BCUT2D eigenvalue weighted by molar-refractivity contribution is 5.76. The van der Waals surface area contributed by atoms with Gasteiger partial charge in [-0.05, 0) is 51.4 Å². The number of hydrogen-bond acceptors (Lipinski definition) is 5. The van der Waals surface area contributed by atoms with Crippen molar-refractivity contribution in [2.24, 2.45) is 0 Å². The predicted molar refractivity (Wildman–Crippen MR) is 315 cm³/mol. The highest BCUT2D eigenvalue weighted by Crippen LogP contribution is 2.19. The van der Waals surface area contributed by atoms with Gasteiger partial charge in [-0.1, -0.05) is 321 Å². The van der Waals surface area contributed by atoms with Crippen LogP contribution >= 0.6 is 0 Å². The molecule has 0 saturated heterocycles. The topological polar surface area (TPSA) is 95.9 Å². The highest BCUT2D eigenvalue weighted by atomic mass is 16.5. The van der Waals surface area contributed by atoms with Crippen LogP contribution in [-0.4, -0.2) is 47.4 Å². The predicted octanol–water partition coefficient (Wildman–Crippen LogP) is 20.8. The summed E-state index contributed by atoms with van der Waals surface area (Å²) in [5.74, 6) is -0.0214. The zero-order chi connectivity index (χ0) is 52.2. The molecule has 0 fully saturated rings. The minimum atomic E-state index is -0.662. The minimum absolute atomic E-state index is 0.00866. The Labute approximate surface area is 450 Å². The van der Waals surface area contributed by atoms with Gasteiger partial charge in [0.05, 0.1) is 25.4 Å². The Bertz CT molecular complexity index is 1080. The summed E-state index contributed by atoms with van der Waals surface area (Å²) in [6.45, 7) is 4.97. The monoisotopic (exact) mass is 1020 g/mol. The number of unbranched alkanes of at least 4 members (excludes halogenated alkanes) is 49. The van der Waals surface area contributed by atoms with Gasteiger partial charge in [0.25, 0.3) is 0 Å². The maximum absolute atomic E-state index is 12.5. The molecule has 0 heterocycles. The summed E-state index contributed by atoms with van der Waals surface area (Å²) in [4.78, 5) is 24.6. The smallest absolute Gasteiger partial charge is 0.305 e. The van der Waals surface area contributed by atoms with E-state index in [0.717, 1.165) is 44.9 Å². The fraction of sp³-hybridized carbons (Fsp3) is 0.939. The molecule has 0 radical (unpaired) electrons. The van der Waals surface area contributed by atoms with Crippen molar-refractivity contribution in [3.63, 3.8) is 0 Å². The van der Waals surface area contributed by atoms with Crippen LogP contribution in [0.15, 0.2) is 12.2 Å². The molecule has 0 bridgehead atoms. The Kier molecular flexibility index (Phi) is 60.9. The molecule has 0 aromatic heterocycles. The van der Waals surface area contributed by atoms with Crippen molar-refractivity contribution in [2.75, 3.05) is 13.2 Å². The molecule has 3 N–H and O–H groups in total. The molecule has 2 atom stereocenters. The Balaban J connectivity index is 3.35. The molecule has 1 amide bonds. The van der Waals surface area contributed by atoms with Crippen LogP contribution in [0.25, 0.3) is 0 Å². The SMILES string of the molecule is CCCCCCC/C=C\CCCCCCCC(=O)OCCCCCCCCCCCCCCCCCCCCCCCCCCCC(=O)NC(CO)C(O)CCCCCCCCCCCCCCCCCC. The Morgan fingerprint density at radius 2 is 0.653 bits per heavy atom. The first-order valence-corrected chi connectivity index (χ1v) is 32.9. The van der Waals surface area contributed by atoms with Crippen molar-refractivity contribution in [2.45, 2.75) is 386 Å². The van der Waals surface area contributed by atoms with Gasteiger partial charge < -0.3 is 20.3 Å². The second-order valence-electron chi connectivity index (χ2n) is 22.8. The van der Waals surface area contributed by atoms with Gasteiger partial charge in [-0.3, -0.25) is 9.59 Å². The third-order valence-corrected chi connectivity index (χ3v) is 15.6. The minimum Gasteiger partial charge on any atom is -0.466 e. The van der Waals surface area contributed by atoms with E-state index < -0.39 is 12.1 Å². The van der Waals surface area contributed by atoms with Gasteiger partial charge >= 0.3 is 5.97 Å². The first kappa shape index (κ1) is 70.6. The van der Waals surface area contributed by atoms with Crippen LogP contribution in [-0.2, 0) is 14.3 Å². The van der Waals surface area contributed by atoms with E-state index in [-0.39, 0.29) is 18.5 Å². The lowest BCUT2D eigenvalue weighted by atomic mass is 10.0. The fourth-order valence-electron chi connectivity index (χ4n) is 10.5. The highest BCUT2D eigenvalue weighted by Gasteiger charge is 2.20. The van der Waals surface area contributed by atoms with E-state index in [4.69, 9.17) is 4.74 Å². The van der Waals surface area contributed by atoms with E-state index in [0.29, 0.717) is 25.9 Å². The van der Waals surface area contributed by atoms with Crippen LogP contribution in [0.5, 0.6) is 0 Å². The number of allylic oxidation sites excluding steroid dienone is 2. The van der Waals surface area contributed by atoms with Gasteiger partial charge in [-0.15, -0.1) is 0 Å². The molecule has 428 valence electrons. The zero-order valence-corrected chi connectivity index (χ0v) is 48.9. The number of carbonyl (C=O) groups excluding carboxylic acids is 2. The average molecular weight is 1020 g/mol. The summed E-state index contributed by atoms with van der Waals surface area (Å²) in [5, 5.41) is 23.3. The maximum atomic E-state index is 12.5. The van der Waals surface area contributed by atoms with Gasteiger partial charge in [-0.2, -0.15) is 0 Å². The number of esters is 1. The van der Waals surface area contributed by atoms with Crippen molar-refractivity contribution in [1.82, 2.24) is 5.32 Å². The van der Waals surface area contributed by atoms with E-state index in [1.54, 1.807) is 0 Å². The van der Waals surface area contributed by atoms with Gasteiger partial charge in [0, 0.05) is 12.8 Å². The number of amides is 1. The second kappa shape index (κ2) is 62.1. The number of aliphatic hydroxyl groups is 2. The quantitative estimate of drug-likeness (QED) is 0.0320. The number of rotatable bonds is 62. The molecule has 0 rings (SSSR count). The molecular formula is C66H129NO5. The lowest BCUT2D eigenvalue weighted by Gasteiger charge is -2.22. The van der Waals surface area contributed by atoms with Gasteiger partial charge in [-0.25, -0.2) is 0 Å². The second-order valence-corrected chi connectivity index (χ2v) is 22.8. The molecule has 2 unspecified atom stereocenters. The third-order valence-electron chi connectivity index (χ3n) is 15.6. The van der Waals surface area contributed by atoms with Crippen LogP contribution in [0.2, 0.25) is 0 Å². The lowest BCUT2D eigenvalue weighted by molar-refractivity contribution is -0.143. The standard InChI is InChI=1S/C66H129NO5/c1-3-5-7-9-11-13-15-17-19-31-34-38-42-46-50-54-58-64(69)63(62-68)67-65(70)59-55-51-47-43-39-35-32-29-27-25-23-21-20-22-24-26-28-30-33-37-41-45-49-53-57-61-72-66(71)60-56-52-48-44-40-36-18-16-14-12-10-8-6-4-2/h16,18,63-64,68-69H,3-15,17,19-62H2,1-2H3,(H,67,70)/b18-16-. The maximum Gasteiger partial charge on any atom is 0.305 e. The van der Waals surface area contributed by atoms with Crippen molar-refractivity contribution in [3.8, 4) is 0 Å². The number of aliphatic hydroxyl groups excluding tert-OH is 2. The molecule has 0 saturated carbocycles. The van der Waals surface area contributed by atoms with Crippen molar-refractivity contribution in [1.29, 1.82) is 0 Å². The van der Waals surface area contributed by atoms with Crippen molar-refractivity contribution < 1.29 is 24.5 Å². The molecule has 6 heteroatoms. The summed E-state index contributed by atoms with van der Waals surface area (Å²) < 4.78 is 5.48. The van der Waals surface area contributed by atoms with E-state index in [9.17, 15) is 19.8 Å². The molecule has 6 nitrogen and oxygen atoms in total. The molecule has 0 aromatic rings. The number of hydrogen-bond donors (Lipinski definition) is 3. The molecule has 72 heavy (non-hydrogen) atoms. The van der Waals surface area contributed by atoms with Crippen LogP contribution < -0.4 is 5.32 Å². The summed E-state index contributed by atoms with van der Waals surface area (Å²) in [6, 6.07) is -0.539. The largest absolute Gasteiger partial charge is 0.466 e. The number of ether oxygens (including phenoxy) is 1. The molecule has 0 aliphatic heterocycles. The van der Waals surface area contributed by atoms with E-state index in [1.165, 1.54) is 295 Å². The number of carbonyl (C=O) groups is 2. The Hall–Kier alpha value is -1.40. The summed E-state index contributed by atoms with van der Waals surface area (Å²) in [6.07, 6.45) is 75.2. The van der Waals surface area contributed by atoms with E-state index in [2.05, 4.69) is 31.3 Å². The first-order valence-electron chi connectivity index (χ1n) is 32.9. The average Bonchev–Trinajstić information content (AvgIpc) is 3.38. The van der Waals surface area contributed by atoms with Crippen molar-refractivity contribution in [3.05, 3.63) is 12.2 Å². The lowest BCUT2D eigenvalue weighted by Crippen LogP contribution is -2.45. The van der Waals surface area contributed by atoms with Crippen LogP contribution in [0, 0.1) is 0 Å². The summed E-state index contributed by atoms with van der Waals surface area (Å²) >= 11 is 0. The molecule has 0 aliphatic rings. The van der Waals surface area contributed by atoms with Crippen LogP contribution in [0.1, 0.15) is 373 Å². The normalized spacial score (nSPS) is 12.6.